The average molecular weight is 606 g/mol. The monoisotopic (exact) mass is 605 g/mol. The van der Waals surface area contributed by atoms with Gasteiger partial charge in [-0.1, -0.05) is 41.9 Å². The molecule has 1 N–H and O–H groups in total. The maximum atomic E-state index is 13.7. The molecule has 220 valence electrons. The summed E-state index contributed by atoms with van der Waals surface area (Å²) >= 11 is 11.9. The molecule has 2 aliphatic heterocycles. The SMILES string of the molecule is COc1ccc(NC(=O)CC2C(=O)N(c3ccc(Cl)cc3)C(=S)N2CCCN2CCN(Cc3ccccc3)CC2)cc1. The number of ether oxygens (including phenoxy) is 1. The van der Waals surface area contributed by atoms with Crippen LogP contribution in [0.1, 0.15) is 18.4 Å². The topological polar surface area (TPSA) is 68.4 Å². The first-order valence-electron chi connectivity index (χ1n) is 14.2. The van der Waals surface area contributed by atoms with Crippen LogP contribution in [0.5, 0.6) is 5.75 Å². The zero-order valence-corrected chi connectivity index (χ0v) is 25.3. The van der Waals surface area contributed by atoms with E-state index >= 15 is 0 Å². The van der Waals surface area contributed by atoms with Gasteiger partial charge in [0.1, 0.15) is 11.8 Å². The zero-order valence-electron chi connectivity index (χ0n) is 23.7. The van der Waals surface area contributed by atoms with E-state index < -0.39 is 6.04 Å². The van der Waals surface area contributed by atoms with Crippen LogP contribution in [0, 0.1) is 0 Å². The van der Waals surface area contributed by atoms with Gasteiger partial charge in [-0.2, -0.15) is 0 Å². The molecule has 1 unspecified atom stereocenters. The predicted octanol–water partition coefficient (Wildman–Crippen LogP) is 4.89. The molecule has 10 heteroatoms. The van der Waals surface area contributed by atoms with Crippen molar-refractivity contribution in [1.29, 1.82) is 0 Å². The van der Waals surface area contributed by atoms with Gasteiger partial charge in [0.2, 0.25) is 5.91 Å². The number of nitrogens with one attached hydrogen (secondary N) is 1. The number of anilines is 2. The first-order valence-corrected chi connectivity index (χ1v) is 15.0. The van der Waals surface area contributed by atoms with E-state index in [1.807, 2.05) is 11.0 Å². The van der Waals surface area contributed by atoms with Gasteiger partial charge in [0, 0.05) is 50.0 Å². The first-order chi connectivity index (χ1) is 20.4. The first kappa shape index (κ1) is 30.0. The molecule has 2 heterocycles. The van der Waals surface area contributed by atoms with E-state index in [0.717, 1.165) is 45.7 Å². The molecule has 0 aromatic heterocycles. The van der Waals surface area contributed by atoms with Crippen LogP contribution >= 0.6 is 23.8 Å². The number of nitrogens with zero attached hydrogens (tertiary/aromatic N) is 4. The van der Waals surface area contributed by atoms with Gasteiger partial charge in [0.25, 0.3) is 5.91 Å². The Kier molecular flexibility index (Phi) is 10.1. The van der Waals surface area contributed by atoms with Gasteiger partial charge in [-0.15, -0.1) is 0 Å². The Morgan fingerprint density at radius 2 is 1.60 bits per heavy atom. The molecule has 2 saturated heterocycles. The van der Waals surface area contributed by atoms with Crippen molar-refractivity contribution < 1.29 is 14.3 Å². The van der Waals surface area contributed by atoms with Crippen LogP contribution in [0.25, 0.3) is 0 Å². The summed E-state index contributed by atoms with van der Waals surface area (Å²) in [7, 11) is 1.59. The molecule has 3 aromatic rings. The normalized spacial score (nSPS) is 18.0. The number of piperazine rings is 1. The minimum Gasteiger partial charge on any atom is -0.497 e. The third-order valence-electron chi connectivity index (χ3n) is 7.74. The summed E-state index contributed by atoms with van der Waals surface area (Å²) in [5, 5.41) is 3.89. The predicted molar refractivity (Wildman–Crippen MR) is 171 cm³/mol. The van der Waals surface area contributed by atoms with Crippen LogP contribution in [0.2, 0.25) is 5.02 Å². The Bertz CT molecular complexity index is 1370. The van der Waals surface area contributed by atoms with Crippen molar-refractivity contribution in [3.8, 4) is 5.75 Å². The van der Waals surface area contributed by atoms with Crippen molar-refractivity contribution in [2.24, 2.45) is 0 Å². The number of hydrogen-bond donors (Lipinski definition) is 1. The van der Waals surface area contributed by atoms with Crippen LogP contribution in [-0.4, -0.2) is 84.0 Å². The van der Waals surface area contributed by atoms with E-state index in [0.29, 0.717) is 33.8 Å². The summed E-state index contributed by atoms with van der Waals surface area (Å²) < 4.78 is 5.20. The van der Waals surface area contributed by atoms with Crippen molar-refractivity contribution in [2.75, 3.05) is 56.6 Å². The highest BCUT2D eigenvalue weighted by Crippen LogP contribution is 2.29. The molecule has 3 aromatic carbocycles. The van der Waals surface area contributed by atoms with Gasteiger partial charge in [0.15, 0.2) is 5.11 Å². The van der Waals surface area contributed by atoms with E-state index in [4.69, 9.17) is 28.6 Å². The summed E-state index contributed by atoms with van der Waals surface area (Å²) in [4.78, 5) is 35.1. The fourth-order valence-electron chi connectivity index (χ4n) is 5.45. The van der Waals surface area contributed by atoms with E-state index in [1.165, 1.54) is 10.5 Å². The average Bonchev–Trinajstić information content (AvgIpc) is 3.23. The summed E-state index contributed by atoms with van der Waals surface area (Å²) in [6, 6.07) is 24.0. The molecule has 2 fully saturated rings. The highest BCUT2D eigenvalue weighted by Gasteiger charge is 2.43. The summed E-state index contributed by atoms with van der Waals surface area (Å²) in [5.74, 6) is 0.243. The smallest absolute Gasteiger partial charge is 0.256 e. The van der Waals surface area contributed by atoms with E-state index in [9.17, 15) is 9.59 Å². The maximum Gasteiger partial charge on any atom is 0.256 e. The molecular formula is C32H36ClN5O3S. The quantitative estimate of drug-likeness (QED) is 0.312. The standard InChI is InChI=1S/C32H36ClN5O3S/c1-41-28-14-10-26(11-15-28)34-30(39)22-29-31(40)38(27-12-8-25(33)9-13-27)32(42)37(29)17-5-16-35-18-20-36(21-19-35)23-24-6-3-2-4-7-24/h2-4,6-15,29H,5,16-23H2,1H3,(H,34,39). The molecule has 0 radical (unpaired) electrons. The lowest BCUT2D eigenvalue weighted by molar-refractivity contribution is -0.124. The van der Waals surface area contributed by atoms with E-state index in [1.54, 1.807) is 55.6 Å². The summed E-state index contributed by atoms with van der Waals surface area (Å²) in [6.07, 6.45) is 0.824. The number of amides is 2. The van der Waals surface area contributed by atoms with Gasteiger partial charge < -0.3 is 19.9 Å². The Morgan fingerprint density at radius 3 is 2.26 bits per heavy atom. The largest absolute Gasteiger partial charge is 0.497 e. The van der Waals surface area contributed by atoms with Gasteiger partial charge in [-0.3, -0.25) is 19.4 Å². The number of carbonyl (C=O) groups is 2. The molecule has 2 amide bonds. The number of thiocarbonyl (C=S) groups is 1. The highest BCUT2D eigenvalue weighted by atomic mass is 35.5. The van der Waals surface area contributed by atoms with E-state index in [-0.39, 0.29) is 18.2 Å². The van der Waals surface area contributed by atoms with Gasteiger partial charge in [0.05, 0.1) is 19.2 Å². The molecule has 0 aliphatic carbocycles. The van der Waals surface area contributed by atoms with Crippen molar-refractivity contribution in [1.82, 2.24) is 14.7 Å². The molecule has 8 nitrogen and oxygen atoms in total. The number of carbonyl (C=O) groups excluding carboxylic acids is 2. The Labute approximate surface area is 257 Å². The van der Waals surface area contributed by atoms with Crippen molar-refractivity contribution in [2.45, 2.75) is 25.4 Å². The van der Waals surface area contributed by atoms with Gasteiger partial charge >= 0.3 is 0 Å². The lowest BCUT2D eigenvalue weighted by Crippen LogP contribution is -2.47. The highest BCUT2D eigenvalue weighted by molar-refractivity contribution is 7.80. The third-order valence-corrected chi connectivity index (χ3v) is 8.41. The van der Waals surface area contributed by atoms with Crippen molar-refractivity contribution >= 4 is 52.1 Å². The van der Waals surface area contributed by atoms with Crippen molar-refractivity contribution in [3.05, 3.63) is 89.4 Å². The number of rotatable bonds is 11. The number of hydrogen-bond acceptors (Lipinski definition) is 6. The molecule has 5 rings (SSSR count). The second-order valence-corrected chi connectivity index (χ2v) is 11.4. The molecule has 2 aliphatic rings. The zero-order chi connectivity index (χ0) is 29.5. The van der Waals surface area contributed by atoms with Gasteiger partial charge in [-0.05, 0) is 79.3 Å². The minimum absolute atomic E-state index is 0.00669. The molecule has 1 atom stereocenters. The van der Waals surface area contributed by atoms with Crippen LogP contribution < -0.4 is 15.0 Å². The second-order valence-electron chi connectivity index (χ2n) is 10.6. The lowest BCUT2D eigenvalue weighted by Gasteiger charge is -2.35. The minimum atomic E-state index is -0.686. The third kappa shape index (κ3) is 7.46. The number of halogens is 1. The Morgan fingerprint density at radius 1 is 0.929 bits per heavy atom. The molecule has 0 saturated carbocycles. The number of benzene rings is 3. The lowest BCUT2D eigenvalue weighted by atomic mass is 10.1. The van der Waals surface area contributed by atoms with Crippen molar-refractivity contribution in [3.63, 3.8) is 0 Å². The van der Waals surface area contributed by atoms with Crippen LogP contribution in [-0.2, 0) is 16.1 Å². The fraction of sp³-hybridized carbons (Fsp3) is 0.344. The summed E-state index contributed by atoms with van der Waals surface area (Å²) in [6.45, 7) is 6.50. The Balaban J connectivity index is 1.20. The molecule has 42 heavy (non-hydrogen) atoms. The molecule has 0 spiro atoms. The Hall–Kier alpha value is -3.50. The van der Waals surface area contributed by atoms with Crippen LogP contribution in [0.15, 0.2) is 78.9 Å². The van der Waals surface area contributed by atoms with Crippen LogP contribution in [0.4, 0.5) is 11.4 Å². The summed E-state index contributed by atoms with van der Waals surface area (Å²) in [5.41, 5.74) is 2.62. The molecular weight excluding hydrogens is 570 g/mol. The van der Waals surface area contributed by atoms with Gasteiger partial charge in [-0.25, -0.2) is 0 Å². The second kappa shape index (κ2) is 14.1. The fourth-order valence-corrected chi connectivity index (χ4v) is 5.99. The van der Waals surface area contributed by atoms with E-state index in [2.05, 4.69) is 39.4 Å². The van der Waals surface area contributed by atoms with Crippen LogP contribution in [0.3, 0.4) is 0 Å². The number of methoxy groups -OCH3 is 1. The maximum absolute atomic E-state index is 13.7. The molecule has 0 bridgehead atoms.